The zero-order valence-corrected chi connectivity index (χ0v) is 15.1. The van der Waals surface area contributed by atoms with Gasteiger partial charge in [-0.2, -0.15) is 0 Å². The summed E-state index contributed by atoms with van der Waals surface area (Å²) in [4.78, 5) is 48.8. The van der Waals surface area contributed by atoms with Crippen molar-refractivity contribution in [1.82, 2.24) is 10.2 Å². The zero-order chi connectivity index (χ0) is 20.1. The van der Waals surface area contributed by atoms with Crippen LogP contribution in [0.1, 0.15) is 28.8 Å². The fraction of sp³-hybridized carbons (Fsp3) is 0.200. The summed E-state index contributed by atoms with van der Waals surface area (Å²) in [6.07, 6.45) is 0.258. The van der Waals surface area contributed by atoms with Crippen LogP contribution in [0.15, 0.2) is 54.6 Å². The van der Waals surface area contributed by atoms with Crippen LogP contribution in [0.25, 0.3) is 0 Å². The van der Waals surface area contributed by atoms with Gasteiger partial charge in [0, 0.05) is 17.7 Å². The molecule has 1 aliphatic rings. The summed E-state index contributed by atoms with van der Waals surface area (Å²) in [6.45, 7) is 0.195. The first kappa shape index (κ1) is 19.1. The quantitative estimate of drug-likeness (QED) is 0.632. The number of nitrogens with one attached hydrogen (secondary N) is 2. The molecule has 0 aliphatic carbocycles. The number of hydrogen-bond donors (Lipinski definition) is 3. The van der Waals surface area contributed by atoms with E-state index in [2.05, 4.69) is 10.6 Å². The minimum absolute atomic E-state index is 0.0629. The highest BCUT2D eigenvalue weighted by molar-refractivity contribution is 6.04. The summed E-state index contributed by atoms with van der Waals surface area (Å²) in [7, 11) is 0. The molecule has 0 saturated carbocycles. The van der Waals surface area contributed by atoms with Gasteiger partial charge in [0.15, 0.2) is 0 Å². The Morgan fingerprint density at radius 1 is 1.04 bits per heavy atom. The average molecular weight is 380 g/mol. The highest BCUT2D eigenvalue weighted by Crippen LogP contribution is 2.16. The Bertz CT molecular complexity index is 896. The van der Waals surface area contributed by atoms with Crippen molar-refractivity contribution in [2.45, 2.75) is 25.4 Å². The average Bonchev–Trinajstić information content (AvgIpc) is 2.95. The van der Waals surface area contributed by atoms with E-state index in [0.29, 0.717) is 11.3 Å². The third kappa shape index (κ3) is 4.53. The third-order valence-electron chi connectivity index (χ3n) is 4.40. The normalized spacial score (nSPS) is 16.0. The van der Waals surface area contributed by atoms with Gasteiger partial charge in [0.2, 0.25) is 11.8 Å². The van der Waals surface area contributed by atoms with Crippen molar-refractivity contribution < 1.29 is 19.2 Å². The summed E-state index contributed by atoms with van der Waals surface area (Å²) in [6, 6.07) is 14.2. The Morgan fingerprint density at radius 3 is 2.36 bits per heavy atom. The van der Waals surface area contributed by atoms with E-state index in [1.165, 1.54) is 12.1 Å². The van der Waals surface area contributed by atoms with Crippen LogP contribution in [0.2, 0.25) is 0 Å². The van der Waals surface area contributed by atoms with Crippen molar-refractivity contribution >= 4 is 29.4 Å². The molecule has 2 aromatic rings. The van der Waals surface area contributed by atoms with Gasteiger partial charge in [-0.1, -0.05) is 30.3 Å². The largest absolute Gasteiger partial charge is 0.366 e. The van der Waals surface area contributed by atoms with Gasteiger partial charge in [-0.25, -0.2) is 4.79 Å². The second-order valence-electron chi connectivity index (χ2n) is 6.44. The van der Waals surface area contributed by atoms with Gasteiger partial charge >= 0.3 is 6.03 Å². The minimum Gasteiger partial charge on any atom is -0.366 e. The van der Waals surface area contributed by atoms with Gasteiger partial charge in [0.1, 0.15) is 6.04 Å². The highest BCUT2D eigenvalue weighted by atomic mass is 16.2. The van der Waals surface area contributed by atoms with Gasteiger partial charge in [-0.15, -0.1) is 0 Å². The topological polar surface area (TPSA) is 122 Å². The number of nitrogens with two attached hydrogens (primary N) is 1. The van der Waals surface area contributed by atoms with E-state index in [0.717, 1.165) is 10.5 Å². The highest BCUT2D eigenvalue weighted by Gasteiger charge is 2.37. The maximum Gasteiger partial charge on any atom is 0.325 e. The molecule has 1 saturated heterocycles. The van der Waals surface area contributed by atoms with E-state index in [4.69, 9.17) is 5.73 Å². The third-order valence-corrected chi connectivity index (χ3v) is 4.40. The number of anilines is 1. The fourth-order valence-corrected chi connectivity index (χ4v) is 2.91. The zero-order valence-electron chi connectivity index (χ0n) is 15.1. The van der Waals surface area contributed by atoms with Gasteiger partial charge in [-0.3, -0.25) is 19.3 Å². The Morgan fingerprint density at radius 2 is 1.71 bits per heavy atom. The summed E-state index contributed by atoms with van der Waals surface area (Å²) in [5.74, 6) is -1.18. The van der Waals surface area contributed by atoms with E-state index in [-0.39, 0.29) is 31.2 Å². The van der Waals surface area contributed by atoms with Crippen LogP contribution in [0, 0.1) is 0 Å². The number of imide groups is 1. The molecule has 1 aliphatic heterocycles. The summed E-state index contributed by atoms with van der Waals surface area (Å²) in [5, 5.41) is 5.30. The van der Waals surface area contributed by atoms with Crippen LogP contribution in [-0.4, -0.2) is 34.7 Å². The lowest BCUT2D eigenvalue weighted by atomic mass is 10.1. The molecule has 8 nitrogen and oxygen atoms in total. The Hall–Kier alpha value is -3.68. The molecule has 0 aromatic heterocycles. The van der Waals surface area contributed by atoms with E-state index >= 15 is 0 Å². The van der Waals surface area contributed by atoms with Crippen molar-refractivity contribution in [2.75, 3.05) is 5.32 Å². The summed E-state index contributed by atoms with van der Waals surface area (Å²) in [5.41, 5.74) is 6.88. The number of benzene rings is 2. The van der Waals surface area contributed by atoms with E-state index in [1.807, 2.05) is 30.3 Å². The Labute approximate surface area is 161 Å². The molecule has 1 fully saturated rings. The molecule has 0 spiro atoms. The molecule has 5 amide bonds. The predicted molar refractivity (Wildman–Crippen MR) is 102 cm³/mol. The maximum absolute atomic E-state index is 12.5. The number of urea groups is 1. The van der Waals surface area contributed by atoms with E-state index < -0.39 is 18.0 Å². The number of carbonyl (C=O) groups excluding carboxylic acids is 4. The molecular weight excluding hydrogens is 360 g/mol. The second kappa shape index (κ2) is 8.34. The predicted octanol–water partition coefficient (Wildman–Crippen LogP) is 1.62. The molecular formula is C20H20N4O4. The van der Waals surface area contributed by atoms with Crippen LogP contribution in [0.5, 0.6) is 0 Å². The summed E-state index contributed by atoms with van der Waals surface area (Å²) < 4.78 is 0. The SMILES string of the molecule is NC(=O)c1ccc(NC(=O)CC[C@H]2NC(=O)N(Cc3ccccc3)C2=O)cc1. The van der Waals surface area contributed by atoms with Crippen LogP contribution in [0.4, 0.5) is 10.5 Å². The second-order valence-corrected chi connectivity index (χ2v) is 6.44. The van der Waals surface area contributed by atoms with Crippen molar-refractivity contribution in [2.24, 2.45) is 5.73 Å². The first-order valence-electron chi connectivity index (χ1n) is 8.79. The number of primary amides is 1. The fourth-order valence-electron chi connectivity index (χ4n) is 2.91. The van der Waals surface area contributed by atoms with Crippen LogP contribution in [0.3, 0.4) is 0 Å². The number of carbonyl (C=O) groups is 4. The molecule has 28 heavy (non-hydrogen) atoms. The number of nitrogens with zero attached hydrogens (tertiary/aromatic N) is 1. The molecule has 0 radical (unpaired) electrons. The number of amides is 5. The number of hydrogen-bond acceptors (Lipinski definition) is 4. The number of rotatable bonds is 7. The van der Waals surface area contributed by atoms with Crippen molar-refractivity contribution in [3.63, 3.8) is 0 Å². The Balaban J connectivity index is 1.51. The first-order valence-corrected chi connectivity index (χ1v) is 8.79. The molecule has 1 heterocycles. The lowest BCUT2D eigenvalue weighted by Gasteiger charge is -2.13. The smallest absolute Gasteiger partial charge is 0.325 e. The Kier molecular flexibility index (Phi) is 5.69. The van der Waals surface area contributed by atoms with Gasteiger partial charge in [-0.05, 0) is 36.2 Å². The van der Waals surface area contributed by atoms with Gasteiger partial charge in [0.05, 0.1) is 6.54 Å². The van der Waals surface area contributed by atoms with E-state index in [9.17, 15) is 19.2 Å². The summed E-state index contributed by atoms with van der Waals surface area (Å²) >= 11 is 0. The van der Waals surface area contributed by atoms with Crippen LogP contribution in [-0.2, 0) is 16.1 Å². The van der Waals surface area contributed by atoms with Gasteiger partial charge in [0.25, 0.3) is 5.91 Å². The maximum atomic E-state index is 12.5. The van der Waals surface area contributed by atoms with Gasteiger partial charge < -0.3 is 16.4 Å². The van der Waals surface area contributed by atoms with Crippen molar-refractivity contribution in [3.8, 4) is 0 Å². The molecule has 8 heteroatoms. The molecule has 144 valence electrons. The molecule has 0 bridgehead atoms. The molecule has 3 rings (SSSR count). The molecule has 0 unspecified atom stereocenters. The lowest BCUT2D eigenvalue weighted by molar-refractivity contribution is -0.128. The molecule has 2 aromatic carbocycles. The van der Waals surface area contributed by atoms with Crippen molar-refractivity contribution in [3.05, 3.63) is 65.7 Å². The standard InChI is InChI=1S/C20H20N4O4/c21-18(26)14-6-8-15(9-7-14)22-17(25)11-10-16-19(27)24(20(28)23-16)12-13-4-2-1-3-5-13/h1-9,16H,10-12H2,(H2,21,26)(H,22,25)(H,23,28)/t16-/m1/s1. The van der Waals surface area contributed by atoms with Crippen LogP contribution < -0.4 is 16.4 Å². The monoisotopic (exact) mass is 380 g/mol. The van der Waals surface area contributed by atoms with E-state index in [1.54, 1.807) is 12.1 Å². The molecule has 4 N–H and O–H groups in total. The first-order chi connectivity index (χ1) is 13.4. The lowest BCUT2D eigenvalue weighted by Crippen LogP contribution is -2.31. The van der Waals surface area contributed by atoms with Crippen LogP contribution >= 0.6 is 0 Å². The minimum atomic E-state index is -0.723. The van der Waals surface area contributed by atoms with Crippen molar-refractivity contribution in [1.29, 1.82) is 0 Å². The molecule has 1 atom stereocenters.